The smallest absolute Gasteiger partial charge is 0.186 e. The molecule has 0 amide bonds. The molecule has 17 heavy (non-hydrogen) atoms. The van der Waals surface area contributed by atoms with E-state index in [1.54, 1.807) is 11.3 Å². The third kappa shape index (κ3) is 3.83. The Hall–Kier alpha value is -0.320. The van der Waals surface area contributed by atoms with E-state index in [2.05, 4.69) is 22.1 Å². The predicted molar refractivity (Wildman–Crippen MR) is 75.3 cm³/mol. The van der Waals surface area contributed by atoms with Crippen molar-refractivity contribution in [2.24, 2.45) is 0 Å². The second kappa shape index (κ2) is 6.57. The van der Waals surface area contributed by atoms with Crippen LogP contribution in [0.15, 0.2) is 5.38 Å². The van der Waals surface area contributed by atoms with Crippen molar-refractivity contribution in [3.05, 3.63) is 10.5 Å². The summed E-state index contributed by atoms with van der Waals surface area (Å²) in [5.74, 6) is 0. The summed E-state index contributed by atoms with van der Waals surface area (Å²) < 4.78 is 0. The van der Waals surface area contributed by atoms with Gasteiger partial charge in [0, 0.05) is 24.5 Å². The largest absolute Gasteiger partial charge is 0.347 e. The minimum Gasteiger partial charge on any atom is -0.347 e. The molecule has 1 N–H and O–H groups in total. The molecule has 0 bridgehead atoms. The van der Waals surface area contributed by atoms with Gasteiger partial charge in [0.05, 0.1) is 0 Å². The molecule has 0 spiro atoms. The van der Waals surface area contributed by atoms with Crippen molar-refractivity contribution in [1.82, 2.24) is 10.3 Å². The van der Waals surface area contributed by atoms with Crippen LogP contribution in [-0.4, -0.2) is 30.7 Å². The number of anilines is 1. The lowest BCUT2D eigenvalue weighted by Crippen LogP contribution is -2.44. The normalized spacial score (nSPS) is 20.5. The third-order valence-electron chi connectivity index (χ3n) is 3.08. The maximum absolute atomic E-state index is 5.90. The van der Waals surface area contributed by atoms with Crippen LogP contribution in [0.5, 0.6) is 0 Å². The van der Waals surface area contributed by atoms with E-state index in [1.165, 1.54) is 19.3 Å². The highest BCUT2D eigenvalue weighted by Gasteiger charge is 2.18. The van der Waals surface area contributed by atoms with Crippen LogP contribution in [0.25, 0.3) is 0 Å². The molecular weight excluding hydrogens is 254 g/mol. The monoisotopic (exact) mass is 273 g/mol. The zero-order valence-corrected chi connectivity index (χ0v) is 11.9. The lowest BCUT2D eigenvalue weighted by molar-refractivity contribution is 0.399. The molecule has 3 nitrogen and oxygen atoms in total. The van der Waals surface area contributed by atoms with Gasteiger partial charge in [0.2, 0.25) is 0 Å². The number of thiazole rings is 1. The molecular formula is C12H20ClN3S. The maximum atomic E-state index is 5.90. The van der Waals surface area contributed by atoms with Gasteiger partial charge in [0.25, 0.3) is 0 Å². The van der Waals surface area contributed by atoms with Crippen LogP contribution in [-0.2, 0) is 0 Å². The summed E-state index contributed by atoms with van der Waals surface area (Å²) in [4.78, 5) is 6.74. The quantitative estimate of drug-likeness (QED) is 0.893. The first-order valence-corrected chi connectivity index (χ1v) is 7.64. The topological polar surface area (TPSA) is 28.2 Å². The fraction of sp³-hybridized carbons (Fsp3) is 0.750. The zero-order chi connectivity index (χ0) is 12.1. The minimum atomic E-state index is 0.609. The Morgan fingerprint density at radius 2 is 2.47 bits per heavy atom. The first-order valence-electron chi connectivity index (χ1n) is 6.39. The van der Waals surface area contributed by atoms with Crippen molar-refractivity contribution in [2.75, 3.05) is 24.5 Å². The number of nitrogens with one attached hydrogen (secondary N) is 1. The molecule has 1 aliphatic heterocycles. The van der Waals surface area contributed by atoms with E-state index in [-0.39, 0.29) is 0 Å². The van der Waals surface area contributed by atoms with Crippen LogP contribution >= 0.6 is 22.9 Å². The van der Waals surface area contributed by atoms with E-state index in [0.29, 0.717) is 11.2 Å². The molecule has 1 fully saturated rings. The minimum absolute atomic E-state index is 0.609. The van der Waals surface area contributed by atoms with Gasteiger partial charge in [-0.3, -0.25) is 0 Å². The van der Waals surface area contributed by atoms with Crippen LogP contribution in [0.3, 0.4) is 0 Å². The Morgan fingerprint density at radius 1 is 1.59 bits per heavy atom. The summed E-state index contributed by atoms with van der Waals surface area (Å²) in [6.45, 7) is 5.47. The first kappa shape index (κ1) is 13.1. The Balaban J connectivity index is 1.96. The van der Waals surface area contributed by atoms with Gasteiger partial charge in [-0.1, -0.05) is 24.9 Å². The van der Waals surface area contributed by atoms with Gasteiger partial charge in [-0.05, 0) is 25.8 Å². The standard InChI is InChI=1S/C12H20ClN3S/c1-2-7-16(12-15-11(13)9-17-12)8-10-5-3-4-6-14-10/h9-10,14H,2-8H2,1H3. The fourth-order valence-electron chi connectivity index (χ4n) is 2.27. The van der Waals surface area contributed by atoms with Gasteiger partial charge >= 0.3 is 0 Å². The SMILES string of the molecule is CCCN(CC1CCCCN1)c1nc(Cl)cs1. The van der Waals surface area contributed by atoms with E-state index in [9.17, 15) is 0 Å². The Kier molecular flexibility index (Phi) is 5.07. The second-order valence-corrected chi connectivity index (χ2v) is 5.77. The molecule has 1 atom stereocenters. The lowest BCUT2D eigenvalue weighted by Gasteiger charge is -2.30. The van der Waals surface area contributed by atoms with Crippen molar-refractivity contribution < 1.29 is 0 Å². The molecule has 2 heterocycles. The van der Waals surface area contributed by atoms with Gasteiger partial charge in [0.15, 0.2) is 5.13 Å². The van der Waals surface area contributed by atoms with Crippen molar-refractivity contribution in [2.45, 2.75) is 38.6 Å². The molecule has 0 aromatic carbocycles. The molecule has 0 saturated carbocycles. The van der Waals surface area contributed by atoms with Crippen LogP contribution in [0.4, 0.5) is 5.13 Å². The Labute approximate surface area is 112 Å². The van der Waals surface area contributed by atoms with E-state index < -0.39 is 0 Å². The first-order chi connectivity index (χ1) is 8.29. The van der Waals surface area contributed by atoms with Gasteiger partial charge in [0.1, 0.15) is 5.15 Å². The summed E-state index contributed by atoms with van der Waals surface area (Å²) in [7, 11) is 0. The summed E-state index contributed by atoms with van der Waals surface area (Å²) in [5, 5.41) is 7.17. The van der Waals surface area contributed by atoms with E-state index in [1.807, 2.05) is 5.38 Å². The van der Waals surface area contributed by atoms with Crippen LogP contribution in [0.2, 0.25) is 5.15 Å². The molecule has 1 aromatic rings. The highest BCUT2D eigenvalue weighted by Crippen LogP contribution is 2.24. The second-order valence-electron chi connectivity index (χ2n) is 4.55. The predicted octanol–water partition coefficient (Wildman–Crippen LogP) is 3.16. The lowest BCUT2D eigenvalue weighted by atomic mass is 10.0. The number of rotatable bonds is 5. The molecule has 1 saturated heterocycles. The molecule has 2 rings (SSSR count). The van der Waals surface area contributed by atoms with Crippen LogP contribution in [0, 0.1) is 0 Å². The van der Waals surface area contributed by atoms with Gasteiger partial charge in [-0.25, -0.2) is 4.98 Å². The average Bonchev–Trinajstić information content (AvgIpc) is 2.77. The van der Waals surface area contributed by atoms with E-state index in [0.717, 1.165) is 31.2 Å². The number of hydrogen-bond acceptors (Lipinski definition) is 4. The highest BCUT2D eigenvalue weighted by molar-refractivity contribution is 7.14. The van der Waals surface area contributed by atoms with Crippen molar-refractivity contribution in [3.63, 3.8) is 0 Å². The van der Waals surface area contributed by atoms with Gasteiger partial charge in [-0.15, -0.1) is 11.3 Å². The summed E-state index contributed by atoms with van der Waals surface area (Å²) in [6, 6.07) is 0.609. The van der Waals surface area contributed by atoms with Gasteiger partial charge in [-0.2, -0.15) is 0 Å². The molecule has 5 heteroatoms. The number of hydrogen-bond donors (Lipinski definition) is 1. The van der Waals surface area contributed by atoms with Gasteiger partial charge < -0.3 is 10.2 Å². The summed E-state index contributed by atoms with van der Waals surface area (Å²) >= 11 is 7.55. The molecule has 0 radical (unpaired) electrons. The Morgan fingerprint density at radius 3 is 3.06 bits per heavy atom. The van der Waals surface area contributed by atoms with E-state index >= 15 is 0 Å². The fourth-order valence-corrected chi connectivity index (χ4v) is 3.26. The van der Waals surface area contributed by atoms with E-state index in [4.69, 9.17) is 11.6 Å². The maximum Gasteiger partial charge on any atom is 0.186 e. The number of halogens is 1. The summed E-state index contributed by atoms with van der Waals surface area (Å²) in [6.07, 6.45) is 5.08. The van der Waals surface area contributed by atoms with Crippen molar-refractivity contribution in [3.8, 4) is 0 Å². The molecule has 1 aromatic heterocycles. The van der Waals surface area contributed by atoms with Crippen molar-refractivity contribution in [1.29, 1.82) is 0 Å². The zero-order valence-electron chi connectivity index (χ0n) is 10.3. The van der Waals surface area contributed by atoms with Crippen molar-refractivity contribution >= 4 is 28.1 Å². The molecule has 0 aliphatic carbocycles. The molecule has 96 valence electrons. The van der Waals surface area contributed by atoms with Crippen LogP contribution in [0.1, 0.15) is 32.6 Å². The Bertz CT molecular complexity index is 336. The molecule has 1 aliphatic rings. The molecule has 1 unspecified atom stereocenters. The number of aromatic nitrogens is 1. The highest BCUT2D eigenvalue weighted by atomic mass is 35.5. The third-order valence-corrected chi connectivity index (χ3v) is 4.31. The van der Waals surface area contributed by atoms with Crippen LogP contribution < -0.4 is 10.2 Å². The average molecular weight is 274 g/mol. The summed E-state index contributed by atoms with van der Waals surface area (Å²) in [5.41, 5.74) is 0. The number of piperidine rings is 1. The number of nitrogens with zero attached hydrogens (tertiary/aromatic N) is 2.